The molecular weight excluding hydrogens is 330 g/mol. The molecule has 0 unspecified atom stereocenters. The van der Waals surface area contributed by atoms with E-state index in [-0.39, 0.29) is 11.5 Å². The number of carboxylic acids is 1. The minimum Gasteiger partial charge on any atom is -0.494 e. The Morgan fingerprint density at radius 1 is 1.00 bits per heavy atom. The first-order chi connectivity index (χ1) is 12.5. The number of rotatable bonds is 9. The average Bonchev–Trinajstić information content (AvgIpc) is 2.65. The number of ether oxygens (including phenoxy) is 1. The summed E-state index contributed by atoms with van der Waals surface area (Å²) in [6.07, 6.45) is 2.08. The van der Waals surface area contributed by atoms with Gasteiger partial charge in [-0.2, -0.15) is 0 Å². The van der Waals surface area contributed by atoms with Gasteiger partial charge in [-0.3, -0.25) is 4.79 Å². The Hall–Kier alpha value is -2.82. The fraction of sp³-hybridized carbons (Fsp3) is 0.333. The zero-order valence-corrected chi connectivity index (χ0v) is 15.3. The second-order valence-electron chi connectivity index (χ2n) is 6.24. The lowest BCUT2D eigenvalue weighted by Crippen LogP contribution is -2.26. The van der Waals surface area contributed by atoms with Crippen LogP contribution in [0.15, 0.2) is 48.5 Å². The molecule has 1 amide bonds. The van der Waals surface area contributed by atoms with Gasteiger partial charge in [-0.25, -0.2) is 4.79 Å². The van der Waals surface area contributed by atoms with Crippen LogP contribution in [0.5, 0.6) is 5.75 Å². The van der Waals surface area contributed by atoms with Crippen LogP contribution in [0, 0.1) is 0 Å². The van der Waals surface area contributed by atoms with Gasteiger partial charge in [0, 0.05) is 20.0 Å². The number of benzene rings is 2. The molecule has 0 bridgehead atoms. The number of hydrogen-bond acceptors (Lipinski definition) is 3. The molecule has 0 aromatic heterocycles. The number of carboxylic acid groups (broad SMARTS) is 1. The van der Waals surface area contributed by atoms with Gasteiger partial charge in [-0.05, 0) is 48.2 Å². The highest BCUT2D eigenvalue weighted by atomic mass is 16.5. The average molecular weight is 355 g/mol. The Morgan fingerprint density at radius 3 is 2.19 bits per heavy atom. The molecule has 5 nitrogen and oxygen atoms in total. The molecule has 138 valence electrons. The number of carbonyl (C=O) groups excluding carboxylic acids is 1. The fourth-order valence-electron chi connectivity index (χ4n) is 2.53. The normalized spacial score (nSPS) is 10.4. The summed E-state index contributed by atoms with van der Waals surface area (Å²) in [4.78, 5) is 24.8. The van der Waals surface area contributed by atoms with Crippen LogP contribution in [0.2, 0.25) is 0 Å². The van der Waals surface area contributed by atoms with Crippen molar-refractivity contribution in [1.29, 1.82) is 0 Å². The van der Waals surface area contributed by atoms with E-state index >= 15 is 0 Å². The zero-order valence-electron chi connectivity index (χ0n) is 15.3. The molecule has 0 atom stereocenters. The van der Waals surface area contributed by atoms with Gasteiger partial charge >= 0.3 is 5.97 Å². The fourth-order valence-corrected chi connectivity index (χ4v) is 2.53. The van der Waals surface area contributed by atoms with Crippen molar-refractivity contribution >= 4 is 11.9 Å². The van der Waals surface area contributed by atoms with Crippen LogP contribution in [0.3, 0.4) is 0 Å². The molecule has 0 saturated carbocycles. The maximum Gasteiger partial charge on any atom is 0.335 e. The number of hydrogen-bond donors (Lipinski definition) is 1. The van der Waals surface area contributed by atoms with Crippen molar-refractivity contribution in [3.8, 4) is 5.75 Å². The molecule has 0 radical (unpaired) electrons. The first-order valence-corrected chi connectivity index (χ1v) is 8.77. The van der Waals surface area contributed by atoms with Crippen molar-refractivity contribution in [3.05, 3.63) is 65.2 Å². The van der Waals surface area contributed by atoms with Crippen LogP contribution >= 0.6 is 0 Å². The van der Waals surface area contributed by atoms with Crippen LogP contribution in [0.1, 0.15) is 41.3 Å². The molecule has 2 aromatic carbocycles. The largest absolute Gasteiger partial charge is 0.494 e. The van der Waals surface area contributed by atoms with Gasteiger partial charge in [0.1, 0.15) is 5.75 Å². The van der Waals surface area contributed by atoms with Crippen molar-refractivity contribution in [2.45, 2.75) is 32.7 Å². The summed E-state index contributed by atoms with van der Waals surface area (Å²) in [5.41, 5.74) is 2.25. The van der Waals surface area contributed by atoms with Crippen molar-refractivity contribution < 1.29 is 19.4 Å². The van der Waals surface area contributed by atoms with E-state index in [4.69, 9.17) is 9.84 Å². The maximum absolute atomic E-state index is 12.3. The second-order valence-corrected chi connectivity index (χ2v) is 6.24. The molecule has 5 heteroatoms. The molecule has 0 aliphatic carbocycles. The number of amides is 1. The third-order valence-corrected chi connectivity index (χ3v) is 4.07. The van der Waals surface area contributed by atoms with Gasteiger partial charge in [0.25, 0.3) is 0 Å². The maximum atomic E-state index is 12.3. The van der Waals surface area contributed by atoms with E-state index in [1.54, 1.807) is 36.2 Å². The summed E-state index contributed by atoms with van der Waals surface area (Å²) >= 11 is 0. The minimum absolute atomic E-state index is 0.0543. The predicted octanol–water partition coefficient (Wildman–Crippen LogP) is 3.76. The smallest absolute Gasteiger partial charge is 0.335 e. The Morgan fingerprint density at radius 2 is 1.62 bits per heavy atom. The van der Waals surface area contributed by atoms with Crippen LogP contribution in [-0.2, 0) is 17.8 Å². The van der Waals surface area contributed by atoms with E-state index in [9.17, 15) is 9.59 Å². The van der Waals surface area contributed by atoms with Crippen molar-refractivity contribution in [2.75, 3.05) is 13.7 Å². The molecule has 1 N–H and O–H groups in total. The lowest BCUT2D eigenvalue weighted by atomic mass is 10.1. The number of aromatic carboxylic acids is 1. The standard InChI is InChI=1S/C21H25NO4/c1-3-14-26-19-11-6-16(7-12-19)8-13-20(23)22(2)15-17-4-9-18(10-5-17)21(24)25/h4-7,9-12H,3,8,13-15H2,1-2H3,(H,24,25). The zero-order chi connectivity index (χ0) is 18.9. The number of nitrogens with zero attached hydrogens (tertiary/aromatic N) is 1. The van der Waals surface area contributed by atoms with Gasteiger partial charge in [0.05, 0.1) is 12.2 Å². The monoisotopic (exact) mass is 355 g/mol. The highest BCUT2D eigenvalue weighted by Crippen LogP contribution is 2.14. The molecular formula is C21H25NO4. The summed E-state index contributed by atoms with van der Waals surface area (Å²) in [5.74, 6) is -0.0467. The Balaban J connectivity index is 1.82. The van der Waals surface area contributed by atoms with E-state index < -0.39 is 5.97 Å². The van der Waals surface area contributed by atoms with E-state index in [1.807, 2.05) is 24.3 Å². The lowest BCUT2D eigenvalue weighted by molar-refractivity contribution is -0.130. The summed E-state index contributed by atoms with van der Waals surface area (Å²) in [7, 11) is 1.76. The molecule has 0 aliphatic rings. The Bertz CT molecular complexity index is 723. The van der Waals surface area contributed by atoms with Gasteiger partial charge in [0.15, 0.2) is 0 Å². The van der Waals surface area contributed by atoms with E-state index in [2.05, 4.69) is 6.92 Å². The quantitative estimate of drug-likeness (QED) is 0.744. The predicted molar refractivity (Wildman–Crippen MR) is 100 cm³/mol. The molecule has 2 aromatic rings. The lowest BCUT2D eigenvalue weighted by Gasteiger charge is -2.17. The Labute approximate surface area is 154 Å². The molecule has 0 fully saturated rings. The van der Waals surface area contributed by atoms with Crippen LogP contribution in [0.4, 0.5) is 0 Å². The van der Waals surface area contributed by atoms with Crippen LogP contribution < -0.4 is 4.74 Å². The summed E-state index contributed by atoms with van der Waals surface area (Å²) < 4.78 is 5.55. The van der Waals surface area contributed by atoms with Gasteiger partial charge in [0.2, 0.25) is 5.91 Å². The summed E-state index contributed by atoms with van der Waals surface area (Å²) in [6.45, 7) is 3.23. The second kappa shape index (κ2) is 9.61. The number of aryl methyl sites for hydroxylation is 1. The minimum atomic E-state index is -0.952. The first-order valence-electron chi connectivity index (χ1n) is 8.77. The third-order valence-electron chi connectivity index (χ3n) is 4.07. The number of carbonyl (C=O) groups is 2. The van der Waals surface area contributed by atoms with Crippen LogP contribution in [0.25, 0.3) is 0 Å². The molecule has 2 rings (SSSR count). The van der Waals surface area contributed by atoms with Crippen molar-refractivity contribution in [1.82, 2.24) is 4.90 Å². The van der Waals surface area contributed by atoms with E-state index in [0.29, 0.717) is 26.0 Å². The SMILES string of the molecule is CCCOc1ccc(CCC(=O)N(C)Cc2ccc(C(=O)O)cc2)cc1. The van der Waals surface area contributed by atoms with Crippen molar-refractivity contribution in [2.24, 2.45) is 0 Å². The molecule has 0 aliphatic heterocycles. The Kier molecular flexibility index (Phi) is 7.21. The van der Waals surface area contributed by atoms with Gasteiger partial charge in [-0.1, -0.05) is 31.2 Å². The van der Waals surface area contributed by atoms with Crippen LogP contribution in [-0.4, -0.2) is 35.5 Å². The highest BCUT2D eigenvalue weighted by Gasteiger charge is 2.10. The van der Waals surface area contributed by atoms with Crippen molar-refractivity contribution in [3.63, 3.8) is 0 Å². The molecule has 0 spiro atoms. The van der Waals surface area contributed by atoms with Gasteiger partial charge < -0.3 is 14.7 Å². The topological polar surface area (TPSA) is 66.8 Å². The summed E-state index contributed by atoms with van der Waals surface area (Å²) in [6, 6.07) is 14.4. The first kappa shape index (κ1) is 19.5. The van der Waals surface area contributed by atoms with E-state index in [1.165, 1.54) is 0 Å². The summed E-state index contributed by atoms with van der Waals surface area (Å²) in [5, 5.41) is 8.91. The van der Waals surface area contributed by atoms with Gasteiger partial charge in [-0.15, -0.1) is 0 Å². The third kappa shape index (κ3) is 5.92. The van der Waals surface area contributed by atoms with E-state index in [0.717, 1.165) is 23.3 Å². The molecule has 0 saturated heterocycles. The highest BCUT2D eigenvalue weighted by molar-refractivity contribution is 5.87. The molecule has 26 heavy (non-hydrogen) atoms. The molecule has 0 heterocycles.